The van der Waals surface area contributed by atoms with Gasteiger partial charge in [0, 0.05) is 24.2 Å². The summed E-state index contributed by atoms with van der Waals surface area (Å²) in [4.78, 5) is 18.6. The van der Waals surface area contributed by atoms with Crippen LogP contribution in [-0.2, 0) is 16.1 Å². The molecule has 2 rings (SSSR count). The maximum Gasteiger partial charge on any atom is 0.352 e. The van der Waals surface area contributed by atoms with Gasteiger partial charge in [-0.1, -0.05) is 11.6 Å². The number of nitriles is 1. The van der Waals surface area contributed by atoms with Crippen LogP contribution in [0, 0.1) is 11.3 Å². The Bertz CT molecular complexity index is 578. The fraction of sp³-hybridized carbons (Fsp3) is 0.417. The Balaban J connectivity index is 2.20. The van der Waals surface area contributed by atoms with Gasteiger partial charge in [-0.05, 0) is 6.92 Å². The van der Waals surface area contributed by atoms with E-state index in [1.807, 2.05) is 11.0 Å². The summed E-state index contributed by atoms with van der Waals surface area (Å²) in [7, 11) is 0. The van der Waals surface area contributed by atoms with Crippen LogP contribution in [0.15, 0.2) is 17.6 Å². The van der Waals surface area contributed by atoms with E-state index in [1.165, 1.54) is 11.3 Å². The lowest BCUT2D eigenvalue weighted by molar-refractivity contribution is -0.138. The molecule has 0 unspecified atom stereocenters. The first-order chi connectivity index (χ1) is 9.65. The molecule has 0 amide bonds. The maximum atomic E-state index is 11.8. The van der Waals surface area contributed by atoms with Crippen molar-refractivity contribution in [3.8, 4) is 6.07 Å². The molecular weight excluding hydrogens is 300 g/mol. The van der Waals surface area contributed by atoms with E-state index in [2.05, 4.69) is 10.3 Å². The van der Waals surface area contributed by atoms with Gasteiger partial charge in [-0.2, -0.15) is 5.26 Å². The summed E-state index contributed by atoms with van der Waals surface area (Å²) in [5.74, 6) is -0.0952. The van der Waals surface area contributed by atoms with E-state index in [0.717, 1.165) is 4.88 Å². The Kier molecular flexibility index (Phi) is 4.82. The lowest BCUT2D eigenvalue weighted by Gasteiger charge is -2.18. The first kappa shape index (κ1) is 14.6. The van der Waals surface area contributed by atoms with Crippen LogP contribution in [0.25, 0.3) is 0 Å². The normalized spacial score (nSPS) is 16.6. The highest BCUT2D eigenvalue weighted by Gasteiger charge is 2.26. The Hall–Kier alpha value is -1.78. The van der Waals surface area contributed by atoms with Crippen molar-refractivity contribution in [1.29, 1.82) is 5.26 Å². The molecule has 1 aromatic rings. The SMILES string of the molecule is CCOC(=O)/C(C#N)=C1\NCCN1Cc1cnc(Cl)s1. The van der Waals surface area contributed by atoms with E-state index in [9.17, 15) is 4.79 Å². The number of thiazole rings is 1. The van der Waals surface area contributed by atoms with Crippen molar-refractivity contribution in [2.75, 3.05) is 19.7 Å². The molecule has 0 aliphatic carbocycles. The van der Waals surface area contributed by atoms with Crippen molar-refractivity contribution in [3.63, 3.8) is 0 Å². The molecule has 1 fully saturated rings. The van der Waals surface area contributed by atoms with E-state index in [0.29, 0.717) is 29.9 Å². The first-order valence-corrected chi connectivity index (χ1v) is 7.25. The van der Waals surface area contributed by atoms with E-state index < -0.39 is 5.97 Å². The van der Waals surface area contributed by atoms with Crippen LogP contribution in [0.1, 0.15) is 11.8 Å². The van der Waals surface area contributed by atoms with E-state index in [4.69, 9.17) is 21.6 Å². The smallest absolute Gasteiger partial charge is 0.352 e. The average Bonchev–Trinajstić information content (AvgIpc) is 3.02. The highest BCUT2D eigenvalue weighted by Crippen LogP contribution is 2.23. The molecule has 1 N–H and O–H groups in total. The molecule has 8 heteroatoms. The number of nitrogens with zero attached hydrogens (tertiary/aromatic N) is 3. The van der Waals surface area contributed by atoms with E-state index >= 15 is 0 Å². The number of rotatable bonds is 4. The minimum atomic E-state index is -0.605. The highest BCUT2D eigenvalue weighted by atomic mass is 35.5. The second-order valence-corrected chi connectivity index (χ2v) is 5.68. The van der Waals surface area contributed by atoms with E-state index in [1.54, 1.807) is 13.1 Å². The van der Waals surface area contributed by atoms with Crippen LogP contribution in [0.2, 0.25) is 4.47 Å². The van der Waals surface area contributed by atoms with Gasteiger partial charge in [0.2, 0.25) is 0 Å². The minimum Gasteiger partial charge on any atom is -0.462 e. The number of esters is 1. The van der Waals surface area contributed by atoms with E-state index in [-0.39, 0.29) is 12.2 Å². The van der Waals surface area contributed by atoms with Crippen LogP contribution in [0.5, 0.6) is 0 Å². The molecule has 0 bridgehead atoms. The standard InChI is InChI=1S/C12H13ClN4O2S/c1-2-19-11(18)9(5-14)10-15-3-4-17(10)7-8-6-16-12(13)20-8/h6,15H,2-4,7H2,1H3/b10-9+. The van der Waals surface area contributed by atoms with Gasteiger partial charge in [-0.15, -0.1) is 11.3 Å². The van der Waals surface area contributed by atoms with Crippen molar-refractivity contribution in [2.24, 2.45) is 0 Å². The zero-order valence-corrected chi connectivity index (χ0v) is 12.4. The maximum absolute atomic E-state index is 11.8. The number of hydrogen-bond donors (Lipinski definition) is 1. The third-order valence-electron chi connectivity index (χ3n) is 2.69. The van der Waals surface area contributed by atoms with Crippen molar-refractivity contribution >= 4 is 28.9 Å². The molecule has 2 heterocycles. The lowest BCUT2D eigenvalue weighted by atomic mass is 10.3. The summed E-state index contributed by atoms with van der Waals surface area (Å²) in [6.07, 6.45) is 1.69. The molecule has 1 aliphatic heterocycles. The highest BCUT2D eigenvalue weighted by molar-refractivity contribution is 7.15. The van der Waals surface area contributed by atoms with Crippen LogP contribution in [-0.4, -0.2) is 35.5 Å². The number of carbonyl (C=O) groups is 1. The molecule has 0 spiro atoms. The largest absolute Gasteiger partial charge is 0.462 e. The van der Waals surface area contributed by atoms with Gasteiger partial charge in [-0.25, -0.2) is 9.78 Å². The Morgan fingerprint density at radius 1 is 1.75 bits per heavy atom. The molecular formula is C12H13ClN4O2S. The topological polar surface area (TPSA) is 78.2 Å². The molecule has 0 saturated carbocycles. The summed E-state index contributed by atoms with van der Waals surface area (Å²) in [6.45, 7) is 3.87. The van der Waals surface area contributed by atoms with Crippen LogP contribution in [0.4, 0.5) is 0 Å². The summed E-state index contributed by atoms with van der Waals surface area (Å²) in [5.41, 5.74) is -0.0000350. The molecule has 1 aliphatic rings. The van der Waals surface area contributed by atoms with Gasteiger partial charge in [0.1, 0.15) is 11.9 Å². The van der Waals surface area contributed by atoms with Crippen molar-refractivity contribution in [2.45, 2.75) is 13.5 Å². The Morgan fingerprint density at radius 3 is 3.15 bits per heavy atom. The summed E-state index contributed by atoms with van der Waals surface area (Å²) in [5, 5.41) is 12.2. The third-order valence-corrected chi connectivity index (χ3v) is 3.79. The quantitative estimate of drug-likeness (QED) is 0.516. The lowest BCUT2D eigenvalue weighted by Crippen LogP contribution is -2.24. The number of aromatic nitrogens is 1. The molecule has 20 heavy (non-hydrogen) atoms. The van der Waals surface area contributed by atoms with Gasteiger partial charge < -0.3 is 15.0 Å². The number of ether oxygens (including phenoxy) is 1. The minimum absolute atomic E-state index is 0.0000350. The monoisotopic (exact) mass is 312 g/mol. The van der Waals surface area contributed by atoms with Crippen molar-refractivity contribution in [1.82, 2.24) is 15.2 Å². The molecule has 1 aromatic heterocycles. The second kappa shape index (κ2) is 6.59. The number of carbonyl (C=O) groups excluding carboxylic acids is 1. The average molecular weight is 313 g/mol. The van der Waals surface area contributed by atoms with Gasteiger partial charge >= 0.3 is 5.97 Å². The third kappa shape index (κ3) is 3.21. The number of nitrogens with one attached hydrogen (secondary N) is 1. The van der Waals surface area contributed by atoms with Gasteiger partial charge in [0.05, 0.1) is 13.2 Å². The second-order valence-electron chi connectivity index (χ2n) is 3.98. The zero-order chi connectivity index (χ0) is 14.5. The summed E-state index contributed by atoms with van der Waals surface area (Å²) >= 11 is 7.18. The molecule has 0 aromatic carbocycles. The molecule has 0 radical (unpaired) electrons. The number of hydrogen-bond acceptors (Lipinski definition) is 7. The number of halogens is 1. The molecule has 106 valence electrons. The van der Waals surface area contributed by atoms with Crippen molar-refractivity contribution < 1.29 is 9.53 Å². The predicted octanol–water partition coefficient (Wildman–Crippen LogP) is 1.50. The summed E-state index contributed by atoms with van der Waals surface area (Å²) in [6, 6.07) is 1.91. The van der Waals surface area contributed by atoms with Gasteiger partial charge in [-0.3, -0.25) is 0 Å². The van der Waals surface area contributed by atoms with Crippen LogP contribution < -0.4 is 5.32 Å². The predicted molar refractivity (Wildman–Crippen MR) is 74.8 cm³/mol. The first-order valence-electron chi connectivity index (χ1n) is 6.06. The fourth-order valence-electron chi connectivity index (χ4n) is 1.88. The molecule has 0 atom stereocenters. The molecule has 1 saturated heterocycles. The van der Waals surface area contributed by atoms with Crippen LogP contribution >= 0.6 is 22.9 Å². The van der Waals surface area contributed by atoms with Crippen LogP contribution in [0.3, 0.4) is 0 Å². The van der Waals surface area contributed by atoms with Gasteiger partial charge in [0.25, 0.3) is 0 Å². The van der Waals surface area contributed by atoms with Crippen molar-refractivity contribution in [3.05, 3.63) is 26.9 Å². The Labute approximate surface area is 125 Å². The summed E-state index contributed by atoms with van der Waals surface area (Å²) < 4.78 is 5.37. The molecule has 6 nitrogen and oxygen atoms in total. The fourth-order valence-corrected chi connectivity index (χ4v) is 2.87. The van der Waals surface area contributed by atoms with Gasteiger partial charge in [0.15, 0.2) is 10.0 Å². The Morgan fingerprint density at radius 2 is 2.55 bits per heavy atom. The zero-order valence-electron chi connectivity index (χ0n) is 10.9.